The molecule has 0 aliphatic carbocycles. The molecular weight excluding hydrogens is 316 g/mol. The Morgan fingerprint density at radius 2 is 2.04 bits per heavy atom. The zero-order chi connectivity index (χ0) is 18.1. The van der Waals surface area contributed by atoms with Gasteiger partial charge in [0.15, 0.2) is 0 Å². The number of benzene rings is 1. The van der Waals surface area contributed by atoms with Gasteiger partial charge < -0.3 is 15.1 Å². The van der Waals surface area contributed by atoms with Crippen molar-refractivity contribution in [1.29, 1.82) is 0 Å². The predicted octanol–water partition coefficient (Wildman–Crippen LogP) is 1.87. The Bertz CT molecular complexity index is 643. The van der Waals surface area contributed by atoms with Crippen LogP contribution in [0.25, 0.3) is 0 Å². The molecular formula is C19H28N4O2. The second kappa shape index (κ2) is 7.04. The number of rotatable bonds is 4. The first-order valence-electron chi connectivity index (χ1n) is 8.99. The smallest absolute Gasteiger partial charge is 0.321 e. The van der Waals surface area contributed by atoms with Gasteiger partial charge in [0.05, 0.1) is 0 Å². The Hall–Kier alpha value is -2.08. The van der Waals surface area contributed by atoms with Crippen LogP contribution in [0.4, 0.5) is 10.5 Å². The van der Waals surface area contributed by atoms with Crippen molar-refractivity contribution in [1.82, 2.24) is 15.1 Å². The summed E-state index contributed by atoms with van der Waals surface area (Å²) in [4.78, 5) is 30.7. The normalized spacial score (nSPS) is 23.7. The van der Waals surface area contributed by atoms with Crippen LogP contribution in [-0.4, -0.2) is 68.1 Å². The number of hydrogen-bond donors (Lipinski definition) is 1. The lowest BCUT2D eigenvalue weighted by Gasteiger charge is -2.27. The van der Waals surface area contributed by atoms with E-state index in [2.05, 4.69) is 38.2 Å². The van der Waals surface area contributed by atoms with E-state index in [1.165, 1.54) is 0 Å². The minimum Gasteiger partial charge on any atom is -0.337 e. The summed E-state index contributed by atoms with van der Waals surface area (Å²) in [7, 11) is 4.17. The van der Waals surface area contributed by atoms with Crippen molar-refractivity contribution in [3.05, 3.63) is 29.8 Å². The van der Waals surface area contributed by atoms with Crippen LogP contribution in [0.1, 0.15) is 24.2 Å². The molecule has 2 saturated heterocycles. The van der Waals surface area contributed by atoms with Crippen molar-refractivity contribution in [3.8, 4) is 0 Å². The summed E-state index contributed by atoms with van der Waals surface area (Å²) in [6.07, 6.45) is 0. The first kappa shape index (κ1) is 17.7. The molecule has 2 aliphatic heterocycles. The molecule has 0 radical (unpaired) electrons. The van der Waals surface area contributed by atoms with Gasteiger partial charge in [-0.25, -0.2) is 4.79 Å². The fourth-order valence-corrected chi connectivity index (χ4v) is 3.89. The summed E-state index contributed by atoms with van der Waals surface area (Å²) < 4.78 is 0. The minimum atomic E-state index is -0.0988. The topological polar surface area (TPSA) is 55.9 Å². The van der Waals surface area contributed by atoms with E-state index in [0.29, 0.717) is 36.5 Å². The molecule has 3 rings (SSSR count). The van der Waals surface area contributed by atoms with Gasteiger partial charge in [-0.15, -0.1) is 0 Å². The fourth-order valence-electron chi connectivity index (χ4n) is 3.89. The quantitative estimate of drug-likeness (QED) is 0.907. The molecule has 1 N–H and O–H groups in total. The Labute approximate surface area is 149 Å². The van der Waals surface area contributed by atoms with Gasteiger partial charge in [0.2, 0.25) is 0 Å². The molecule has 1 aromatic carbocycles. The summed E-state index contributed by atoms with van der Waals surface area (Å²) in [6, 6.07) is 7.70. The average Bonchev–Trinajstić information content (AvgIpc) is 3.20. The highest BCUT2D eigenvalue weighted by atomic mass is 16.2. The van der Waals surface area contributed by atoms with Crippen molar-refractivity contribution < 1.29 is 9.59 Å². The van der Waals surface area contributed by atoms with E-state index in [0.717, 1.165) is 18.8 Å². The van der Waals surface area contributed by atoms with Gasteiger partial charge in [0, 0.05) is 43.5 Å². The molecule has 2 fully saturated rings. The summed E-state index contributed by atoms with van der Waals surface area (Å²) in [5.41, 5.74) is 1.43. The molecule has 2 aliphatic rings. The number of nitrogens with zero attached hydrogens (tertiary/aromatic N) is 3. The summed E-state index contributed by atoms with van der Waals surface area (Å²) >= 11 is 0. The van der Waals surface area contributed by atoms with Crippen molar-refractivity contribution in [3.63, 3.8) is 0 Å². The molecule has 0 spiro atoms. The molecule has 6 nitrogen and oxygen atoms in total. The summed E-state index contributed by atoms with van der Waals surface area (Å²) in [5.74, 6) is 1.06. The lowest BCUT2D eigenvalue weighted by molar-refractivity contribution is 0.0780. The molecule has 0 aromatic heterocycles. The minimum absolute atomic E-state index is 0.0523. The van der Waals surface area contributed by atoms with Crippen LogP contribution in [0.15, 0.2) is 24.3 Å². The van der Waals surface area contributed by atoms with Crippen LogP contribution in [0.5, 0.6) is 0 Å². The lowest BCUT2D eigenvalue weighted by Crippen LogP contribution is -2.37. The summed E-state index contributed by atoms with van der Waals surface area (Å²) in [6.45, 7) is 7.27. The van der Waals surface area contributed by atoms with E-state index in [-0.39, 0.29) is 11.9 Å². The van der Waals surface area contributed by atoms with Gasteiger partial charge in [0.25, 0.3) is 5.91 Å². The van der Waals surface area contributed by atoms with E-state index in [1.807, 2.05) is 29.2 Å². The Morgan fingerprint density at radius 3 is 2.60 bits per heavy atom. The molecule has 136 valence electrons. The van der Waals surface area contributed by atoms with Gasteiger partial charge in [-0.1, -0.05) is 19.9 Å². The number of carbonyl (C=O) groups excluding carboxylic acids is 2. The number of anilines is 1. The summed E-state index contributed by atoms with van der Waals surface area (Å²) in [5, 5.41) is 2.79. The van der Waals surface area contributed by atoms with Crippen molar-refractivity contribution in [2.24, 2.45) is 11.8 Å². The van der Waals surface area contributed by atoms with Gasteiger partial charge >= 0.3 is 6.03 Å². The first-order valence-corrected chi connectivity index (χ1v) is 8.99. The molecule has 25 heavy (non-hydrogen) atoms. The molecule has 0 bridgehead atoms. The number of amides is 3. The van der Waals surface area contributed by atoms with Crippen LogP contribution >= 0.6 is 0 Å². The molecule has 2 atom stereocenters. The maximum atomic E-state index is 13.0. The molecule has 6 heteroatoms. The SMILES string of the molecule is CC(C)[C@@H]1CN(C(=O)c2cccc(N3CCNC3=O)c2)C[C@H]1N(C)C. The zero-order valence-electron chi connectivity index (χ0n) is 15.5. The second-order valence-corrected chi connectivity index (χ2v) is 7.58. The zero-order valence-corrected chi connectivity index (χ0v) is 15.5. The highest BCUT2D eigenvalue weighted by Gasteiger charge is 2.38. The molecule has 0 saturated carbocycles. The van der Waals surface area contributed by atoms with E-state index >= 15 is 0 Å². The van der Waals surface area contributed by atoms with E-state index < -0.39 is 0 Å². The Balaban J connectivity index is 1.78. The van der Waals surface area contributed by atoms with Crippen LogP contribution in [0, 0.1) is 11.8 Å². The van der Waals surface area contributed by atoms with Crippen molar-refractivity contribution in [2.45, 2.75) is 19.9 Å². The average molecular weight is 344 g/mol. The van der Waals surface area contributed by atoms with E-state index in [1.54, 1.807) is 4.90 Å². The number of urea groups is 1. The molecule has 0 unspecified atom stereocenters. The molecule has 1 aromatic rings. The first-order chi connectivity index (χ1) is 11.9. The number of carbonyl (C=O) groups is 2. The maximum absolute atomic E-state index is 13.0. The predicted molar refractivity (Wildman–Crippen MR) is 98.9 cm³/mol. The largest absolute Gasteiger partial charge is 0.337 e. The van der Waals surface area contributed by atoms with E-state index in [9.17, 15) is 9.59 Å². The maximum Gasteiger partial charge on any atom is 0.321 e. The molecule has 3 amide bonds. The number of likely N-dealkylation sites (tertiary alicyclic amines) is 1. The Kier molecular flexibility index (Phi) is 4.99. The number of nitrogens with one attached hydrogen (secondary N) is 1. The van der Waals surface area contributed by atoms with Gasteiger partial charge in [-0.3, -0.25) is 9.69 Å². The van der Waals surface area contributed by atoms with Crippen molar-refractivity contribution >= 4 is 17.6 Å². The third-order valence-electron chi connectivity index (χ3n) is 5.40. The monoisotopic (exact) mass is 344 g/mol. The van der Waals surface area contributed by atoms with Gasteiger partial charge in [0.1, 0.15) is 0 Å². The lowest BCUT2D eigenvalue weighted by atomic mass is 9.91. The van der Waals surface area contributed by atoms with Crippen LogP contribution in [-0.2, 0) is 0 Å². The van der Waals surface area contributed by atoms with E-state index in [4.69, 9.17) is 0 Å². The highest BCUT2D eigenvalue weighted by Crippen LogP contribution is 2.29. The standard InChI is InChI=1S/C19H28N4O2/c1-13(2)16-11-22(12-17(16)21(3)4)18(24)14-6-5-7-15(10-14)23-9-8-20-19(23)25/h5-7,10,13,16-17H,8-9,11-12H2,1-4H3,(H,20,25)/t16-,17+/m0/s1. The van der Waals surface area contributed by atoms with Crippen LogP contribution < -0.4 is 10.2 Å². The fraction of sp³-hybridized carbons (Fsp3) is 0.579. The second-order valence-electron chi connectivity index (χ2n) is 7.58. The van der Waals surface area contributed by atoms with Crippen LogP contribution in [0.2, 0.25) is 0 Å². The third kappa shape index (κ3) is 3.49. The highest BCUT2D eigenvalue weighted by molar-refractivity contribution is 5.98. The number of likely N-dealkylation sites (N-methyl/N-ethyl adjacent to an activating group) is 1. The Morgan fingerprint density at radius 1 is 1.28 bits per heavy atom. The van der Waals surface area contributed by atoms with Gasteiger partial charge in [-0.05, 0) is 44.1 Å². The number of hydrogen-bond acceptors (Lipinski definition) is 3. The van der Waals surface area contributed by atoms with Crippen LogP contribution in [0.3, 0.4) is 0 Å². The van der Waals surface area contributed by atoms with Gasteiger partial charge in [-0.2, -0.15) is 0 Å². The molecule has 2 heterocycles. The third-order valence-corrected chi connectivity index (χ3v) is 5.40. The van der Waals surface area contributed by atoms with Crippen molar-refractivity contribution in [2.75, 3.05) is 45.2 Å².